The molecule has 134 valence electrons. The molecule has 2 aliphatic heterocycles. The standard InChI is InChI=1S/C18H22ClN3O3/c1-2-22-17(24)15(13-3-5-14(19)6-4-13)16(18(22)25)21-9-7-20(8-10-21)11-12-23/h3-6,23H,2,7-12H2,1H3. The molecule has 3 rings (SSSR count). The zero-order chi connectivity index (χ0) is 18.0. The van der Waals surface area contributed by atoms with Crippen LogP contribution >= 0.6 is 11.6 Å². The summed E-state index contributed by atoms with van der Waals surface area (Å²) in [5.74, 6) is -0.476. The van der Waals surface area contributed by atoms with E-state index in [1.54, 1.807) is 31.2 Å². The number of carbonyl (C=O) groups is 2. The first-order valence-electron chi connectivity index (χ1n) is 8.51. The summed E-state index contributed by atoms with van der Waals surface area (Å²) in [6.45, 7) is 5.73. The van der Waals surface area contributed by atoms with Gasteiger partial charge in [0.15, 0.2) is 0 Å². The van der Waals surface area contributed by atoms with Crippen molar-refractivity contribution < 1.29 is 14.7 Å². The lowest BCUT2D eigenvalue weighted by Gasteiger charge is -2.36. The predicted octanol–water partition coefficient (Wildman–Crippen LogP) is 1.05. The van der Waals surface area contributed by atoms with Crippen molar-refractivity contribution in [1.82, 2.24) is 14.7 Å². The summed E-state index contributed by atoms with van der Waals surface area (Å²) in [5, 5.41) is 9.66. The zero-order valence-corrected chi connectivity index (χ0v) is 15.0. The van der Waals surface area contributed by atoms with Crippen molar-refractivity contribution in [2.45, 2.75) is 6.92 Å². The number of hydrogen-bond donors (Lipinski definition) is 1. The van der Waals surface area contributed by atoms with Gasteiger partial charge in [0.1, 0.15) is 5.70 Å². The monoisotopic (exact) mass is 363 g/mol. The van der Waals surface area contributed by atoms with E-state index in [4.69, 9.17) is 16.7 Å². The Hall–Kier alpha value is -1.89. The molecule has 0 atom stereocenters. The number of imide groups is 1. The quantitative estimate of drug-likeness (QED) is 0.792. The molecule has 1 aromatic rings. The Morgan fingerprint density at radius 3 is 2.24 bits per heavy atom. The number of hydrogen-bond acceptors (Lipinski definition) is 5. The molecule has 0 saturated carbocycles. The Morgan fingerprint density at radius 2 is 1.68 bits per heavy atom. The Labute approximate surface area is 152 Å². The lowest BCUT2D eigenvalue weighted by atomic mass is 10.0. The fourth-order valence-electron chi connectivity index (χ4n) is 3.36. The number of β-amino-alcohol motifs (C(OH)–C–C–N with tert-alkyl or cyclic N) is 1. The average molecular weight is 364 g/mol. The highest BCUT2D eigenvalue weighted by atomic mass is 35.5. The van der Waals surface area contributed by atoms with Crippen LogP contribution in [0.2, 0.25) is 5.02 Å². The van der Waals surface area contributed by atoms with E-state index in [9.17, 15) is 9.59 Å². The normalized spacial score (nSPS) is 19.3. The van der Waals surface area contributed by atoms with Crippen LogP contribution in [0, 0.1) is 0 Å². The van der Waals surface area contributed by atoms with Crippen LogP contribution in [0.15, 0.2) is 30.0 Å². The number of amides is 2. The summed E-state index contributed by atoms with van der Waals surface area (Å²) < 4.78 is 0. The number of piperazine rings is 1. The van der Waals surface area contributed by atoms with Crippen LogP contribution in [0.1, 0.15) is 12.5 Å². The summed E-state index contributed by atoms with van der Waals surface area (Å²) in [7, 11) is 0. The second-order valence-corrected chi connectivity index (χ2v) is 6.57. The Balaban J connectivity index is 1.94. The van der Waals surface area contributed by atoms with Gasteiger partial charge in [0.05, 0.1) is 12.2 Å². The van der Waals surface area contributed by atoms with Crippen molar-refractivity contribution in [3.8, 4) is 0 Å². The van der Waals surface area contributed by atoms with Crippen LogP contribution in [0.5, 0.6) is 0 Å². The van der Waals surface area contributed by atoms with E-state index in [1.807, 2.05) is 4.90 Å². The molecule has 6 nitrogen and oxygen atoms in total. The maximum atomic E-state index is 12.8. The van der Waals surface area contributed by atoms with Gasteiger partial charge in [-0.15, -0.1) is 0 Å². The third-order valence-corrected chi connectivity index (χ3v) is 4.95. The lowest BCUT2D eigenvalue weighted by molar-refractivity contribution is -0.137. The number of benzene rings is 1. The number of aliphatic hydroxyl groups is 1. The number of carbonyl (C=O) groups excluding carboxylic acids is 2. The summed E-state index contributed by atoms with van der Waals surface area (Å²) in [5.41, 5.74) is 1.66. The molecule has 25 heavy (non-hydrogen) atoms. The van der Waals surface area contributed by atoms with E-state index in [0.717, 1.165) is 13.1 Å². The van der Waals surface area contributed by atoms with E-state index < -0.39 is 0 Å². The van der Waals surface area contributed by atoms with Gasteiger partial charge in [-0.25, -0.2) is 0 Å². The van der Waals surface area contributed by atoms with Crippen LogP contribution in [0.3, 0.4) is 0 Å². The molecule has 0 unspecified atom stereocenters. The topological polar surface area (TPSA) is 64.1 Å². The highest BCUT2D eigenvalue weighted by Gasteiger charge is 2.41. The molecule has 0 spiro atoms. The molecule has 2 aliphatic rings. The van der Waals surface area contributed by atoms with Gasteiger partial charge in [0.25, 0.3) is 11.8 Å². The third kappa shape index (κ3) is 3.42. The highest BCUT2D eigenvalue weighted by Crippen LogP contribution is 2.32. The van der Waals surface area contributed by atoms with Crippen molar-refractivity contribution in [3.63, 3.8) is 0 Å². The van der Waals surface area contributed by atoms with Gasteiger partial charge < -0.3 is 10.0 Å². The van der Waals surface area contributed by atoms with Gasteiger partial charge >= 0.3 is 0 Å². The SMILES string of the molecule is CCN1C(=O)C(c2ccc(Cl)cc2)=C(N2CCN(CCO)CC2)C1=O. The van der Waals surface area contributed by atoms with Gasteiger partial charge in [-0.3, -0.25) is 19.4 Å². The van der Waals surface area contributed by atoms with Crippen molar-refractivity contribution in [1.29, 1.82) is 0 Å². The largest absolute Gasteiger partial charge is 0.395 e. The Morgan fingerprint density at radius 1 is 1.04 bits per heavy atom. The lowest BCUT2D eigenvalue weighted by Crippen LogP contribution is -2.48. The third-order valence-electron chi connectivity index (χ3n) is 4.70. The predicted molar refractivity (Wildman–Crippen MR) is 95.9 cm³/mol. The van der Waals surface area contributed by atoms with Gasteiger partial charge in [-0.05, 0) is 24.6 Å². The fraction of sp³-hybridized carbons (Fsp3) is 0.444. The number of likely N-dealkylation sites (N-methyl/N-ethyl adjacent to an activating group) is 1. The molecule has 7 heteroatoms. The molecule has 1 N–H and O–H groups in total. The van der Waals surface area contributed by atoms with E-state index in [0.29, 0.717) is 48.0 Å². The molecule has 2 heterocycles. The maximum absolute atomic E-state index is 12.8. The van der Waals surface area contributed by atoms with Gasteiger partial charge in [-0.1, -0.05) is 23.7 Å². The smallest absolute Gasteiger partial charge is 0.277 e. The summed E-state index contributed by atoms with van der Waals surface area (Å²) >= 11 is 5.96. The molecular formula is C18H22ClN3O3. The van der Waals surface area contributed by atoms with E-state index in [1.165, 1.54) is 4.90 Å². The molecule has 0 aliphatic carbocycles. The number of nitrogens with zero attached hydrogens (tertiary/aromatic N) is 3. The summed E-state index contributed by atoms with van der Waals surface area (Å²) in [6.07, 6.45) is 0. The van der Waals surface area contributed by atoms with Crippen molar-refractivity contribution in [2.75, 3.05) is 45.9 Å². The minimum atomic E-state index is -0.248. The fourth-order valence-corrected chi connectivity index (χ4v) is 3.48. The minimum absolute atomic E-state index is 0.125. The molecule has 0 radical (unpaired) electrons. The summed E-state index contributed by atoms with van der Waals surface area (Å²) in [4.78, 5) is 31.1. The number of rotatable bonds is 5. The number of aliphatic hydroxyl groups excluding tert-OH is 1. The first kappa shape index (κ1) is 17.9. The van der Waals surface area contributed by atoms with Gasteiger partial charge in [-0.2, -0.15) is 0 Å². The second kappa shape index (κ2) is 7.56. The maximum Gasteiger partial charge on any atom is 0.277 e. The Bertz CT molecular complexity index is 694. The zero-order valence-electron chi connectivity index (χ0n) is 14.2. The van der Waals surface area contributed by atoms with Crippen LogP contribution in [-0.4, -0.2) is 77.5 Å². The minimum Gasteiger partial charge on any atom is -0.395 e. The molecule has 0 bridgehead atoms. The molecule has 1 saturated heterocycles. The van der Waals surface area contributed by atoms with Crippen molar-refractivity contribution in [2.24, 2.45) is 0 Å². The van der Waals surface area contributed by atoms with E-state index in [-0.39, 0.29) is 18.4 Å². The second-order valence-electron chi connectivity index (χ2n) is 6.14. The summed E-state index contributed by atoms with van der Waals surface area (Å²) in [6, 6.07) is 7.02. The van der Waals surface area contributed by atoms with Crippen LogP contribution in [-0.2, 0) is 9.59 Å². The number of halogens is 1. The van der Waals surface area contributed by atoms with Gasteiger partial charge in [0, 0.05) is 44.3 Å². The van der Waals surface area contributed by atoms with Crippen molar-refractivity contribution in [3.05, 3.63) is 40.5 Å². The van der Waals surface area contributed by atoms with E-state index >= 15 is 0 Å². The van der Waals surface area contributed by atoms with Crippen LogP contribution in [0.25, 0.3) is 5.57 Å². The van der Waals surface area contributed by atoms with Gasteiger partial charge in [0.2, 0.25) is 0 Å². The first-order chi connectivity index (χ1) is 12.1. The van der Waals surface area contributed by atoms with Crippen LogP contribution < -0.4 is 0 Å². The molecular weight excluding hydrogens is 342 g/mol. The van der Waals surface area contributed by atoms with E-state index in [2.05, 4.69) is 4.90 Å². The van der Waals surface area contributed by atoms with Crippen molar-refractivity contribution >= 4 is 29.0 Å². The highest BCUT2D eigenvalue weighted by molar-refractivity contribution is 6.36. The first-order valence-corrected chi connectivity index (χ1v) is 8.89. The Kier molecular flexibility index (Phi) is 5.42. The van der Waals surface area contributed by atoms with Crippen LogP contribution in [0.4, 0.5) is 0 Å². The molecule has 2 amide bonds. The molecule has 1 fully saturated rings. The molecule has 0 aromatic heterocycles. The molecule has 1 aromatic carbocycles. The average Bonchev–Trinajstić information content (AvgIpc) is 2.87.